The fraction of sp³-hybridized carbons (Fsp3) is 0.200. The van der Waals surface area contributed by atoms with E-state index in [9.17, 15) is 19.2 Å². The Bertz CT molecular complexity index is 883. The summed E-state index contributed by atoms with van der Waals surface area (Å²) in [5.41, 5.74) is 0.395. The molecule has 0 aliphatic rings. The number of carbonyl (C=O) groups excluding carboxylic acids is 4. The molecule has 0 aliphatic heterocycles. The number of nitrogens with one attached hydrogen (secondary N) is 2. The first kappa shape index (κ1) is 21.4. The highest BCUT2D eigenvalue weighted by Crippen LogP contribution is 2.17. The van der Waals surface area contributed by atoms with Crippen molar-refractivity contribution in [2.45, 2.75) is 6.42 Å². The summed E-state index contributed by atoms with van der Waals surface area (Å²) in [5, 5.41) is 5.13. The highest BCUT2D eigenvalue weighted by Gasteiger charge is 2.15. The molecule has 0 radical (unpaired) electrons. The van der Waals surface area contributed by atoms with Crippen molar-refractivity contribution in [2.24, 2.45) is 0 Å². The van der Waals surface area contributed by atoms with Gasteiger partial charge in [-0.05, 0) is 36.4 Å². The first-order chi connectivity index (χ1) is 13.9. The Hall–Kier alpha value is -3.88. The van der Waals surface area contributed by atoms with Crippen LogP contribution in [0.4, 0.5) is 5.69 Å². The summed E-state index contributed by atoms with van der Waals surface area (Å²) in [6.45, 7) is 0.0910. The third-order valence-corrected chi connectivity index (χ3v) is 3.65. The second-order valence-electron chi connectivity index (χ2n) is 5.72. The lowest BCUT2D eigenvalue weighted by Crippen LogP contribution is -2.26. The number of hydrogen-bond acceptors (Lipinski definition) is 7. The standard InChI is InChI=1S/C20H20N2O7/c1-27-19(25)13-10-14(20(26)28-2)12-15(11-13)22-18(24)7-8-21-17(23)6-5-16-4-3-9-29-16/h3-6,9-12H,7-8H2,1-2H3,(H,21,23)(H,22,24)/b6-5+. The molecule has 29 heavy (non-hydrogen) atoms. The maximum absolute atomic E-state index is 12.1. The van der Waals surface area contributed by atoms with Gasteiger partial charge >= 0.3 is 11.9 Å². The molecule has 152 valence electrons. The average molecular weight is 400 g/mol. The van der Waals surface area contributed by atoms with Crippen LogP contribution < -0.4 is 10.6 Å². The second-order valence-corrected chi connectivity index (χ2v) is 5.72. The van der Waals surface area contributed by atoms with Crippen molar-refractivity contribution in [3.05, 3.63) is 59.6 Å². The van der Waals surface area contributed by atoms with Crippen LogP contribution in [0.25, 0.3) is 6.08 Å². The van der Waals surface area contributed by atoms with Crippen molar-refractivity contribution in [3.63, 3.8) is 0 Å². The van der Waals surface area contributed by atoms with Gasteiger partial charge in [0.25, 0.3) is 0 Å². The lowest BCUT2D eigenvalue weighted by Gasteiger charge is -2.10. The molecule has 2 amide bonds. The Morgan fingerprint density at radius 2 is 1.69 bits per heavy atom. The van der Waals surface area contributed by atoms with Crippen molar-refractivity contribution in [2.75, 3.05) is 26.1 Å². The van der Waals surface area contributed by atoms with E-state index in [0.717, 1.165) is 0 Å². The molecule has 0 spiro atoms. The minimum atomic E-state index is -0.665. The third-order valence-electron chi connectivity index (χ3n) is 3.65. The van der Waals surface area contributed by atoms with E-state index >= 15 is 0 Å². The van der Waals surface area contributed by atoms with Gasteiger partial charge in [-0.1, -0.05) is 0 Å². The summed E-state index contributed by atoms with van der Waals surface area (Å²) in [6, 6.07) is 7.45. The Morgan fingerprint density at radius 1 is 1.03 bits per heavy atom. The summed E-state index contributed by atoms with van der Waals surface area (Å²) in [7, 11) is 2.41. The van der Waals surface area contributed by atoms with Gasteiger partial charge in [-0.25, -0.2) is 9.59 Å². The fourth-order valence-corrected chi connectivity index (χ4v) is 2.30. The van der Waals surface area contributed by atoms with Crippen molar-refractivity contribution >= 4 is 35.5 Å². The highest BCUT2D eigenvalue weighted by atomic mass is 16.5. The molecular formula is C20H20N2O7. The number of esters is 2. The molecule has 0 atom stereocenters. The van der Waals surface area contributed by atoms with Crippen molar-refractivity contribution in [1.82, 2.24) is 5.32 Å². The first-order valence-corrected chi connectivity index (χ1v) is 8.54. The first-order valence-electron chi connectivity index (χ1n) is 8.54. The van der Waals surface area contributed by atoms with Crippen molar-refractivity contribution < 1.29 is 33.1 Å². The van der Waals surface area contributed by atoms with E-state index in [2.05, 4.69) is 20.1 Å². The Kier molecular flexibility index (Phi) is 7.72. The van der Waals surface area contributed by atoms with E-state index in [1.165, 1.54) is 50.8 Å². The van der Waals surface area contributed by atoms with E-state index in [0.29, 0.717) is 5.76 Å². The van der Waals surface area contributed by atoms with E-state index in [1.807, 2.05) is 0 Å². The zero-order valence-electron chi connectivity index (χ0n) is 15.9. The Morgan fingerprint density at radius 3 is 2.24 bits per heavy atom. The molecule has 9 heteroatoms. The van der Waals surface area contributed by atoms with Gasteiger partial charge in [-0.3, -0.25) is 9.59 Å². The van der Waals surface area contributed by atoms with Gasteiger partial charge in [-0.2, -0.15) is 0 Å². The van der Waals surface area contributed by atoms with E-state index in [-0.39, 0.29) is 35.7 Å². The highest BCUT2D eigenvalue weighted by molar-refractivity contribution is 5.99. The minimum absolute atomic E-state index is 0.0175. The number of hydrogen-bond donors (Lipinski definition) is 2. The molecule has 1 heterocycles. The van der Waals surface area contributed by atoms with Gasteiger partial charge in [0, 0.05) is 24.7 Å². The predicted molar refractivity (Wildman–Crippen MR) is 103 cm³/mol. The zero-order valence-corrected chi connectivity index (χ0v) is 15.9. The normalized spacial score (nSPS) is 10.4. The van der Waals surface area contributed by atoms with Gasteiger partial charge in [0.1, 0.15) is 5.76 Å². The quantitative estimate of drug-likeness (QED) is 0.513. The number of methoxy groups -OCH3 is 2. The van der Waals surface area contributed by atoms with Gasteiger partial charge < -0.3 is 24.5 Å². The predicted octanol–water partition coefficient (Wildman–Crippen LogP) is 2.01. The van der Waals surface area contributed by atoms with Gasteiger partial charge in [0.05, 0.1) is 31.6 Å². The average Bonchev–Trinajstić information content (AvgIpc) is 3.24. The molecule has 1 aromatic carbocycles. The maximum Gasteiger partial charge on any atom is 0.337 e. The third kappa shape index (κ3) is 6.65. The molecule has 2 N–H and O–H groups in total. The topological polar surface area (TPSA) is 124 Å². The molecule has 0 unspecified atom stereocenters. The molecule has 2 rings (SSSR count). The fourth-order valence-electron chi connectivity index (χ4n) is 2.30. The van der Waals surface area contributed by atoms with Crippen LogP contribution >= 0.6 is 0 Å². The minimum Gasteiger partial charge on any atom is -0.465 e. The largest absolute Gasteiger partial charge is 0.465 e. The second kappa shape index (κ2) is 10.5. The molecule has 0 saturated carbocycles. The molecule has 0 saturated heterocycles. The van der Waals surface area contributed by atoms with Crippen molar-refractivity contribution in [3.8, 4) is 0 Å². The Labute approximate surface area is 166 Å². The van der Waals surface area contributed by atoms with Crippen LogP contribution in [0, 0.1) is 0 Å². The molecule has 9 nitrogen and oxygen atoms in total. The number of anilines is 1. The smallest absolute Gasteiger partial charge is 0.337 e. The van der Waals surface area contributed by atoms with E-state index in [1.54, 1.807) is 12.1 Å². The summed E-state index contributed by atoms with van der Waals surface area (Å²) in [6.07, 6.45) is 4.26. The van der Waals surface area contributed by atoms with E-state index < -0.39 is 17.8 Å². The summed E-state index contributed by atoms with van der Waals surface area (Å²) in [5.74, 6) is -1.60. The molecule has 0 bridgehead atoms. The van der Waals surface area contributed by atoms with Gasteiger partial charge in [0.15, 0.2) is 0 Å². The number of furan rings is 1. The molecule has 0 aliphatic carbocycles. The number of benzene rings is 1. The molecule has 0 fully saturated rings. The molecule has 2 aromatic rings. The van der Waals surface area contributed by atoms with E-state index in [4.69, 9.17) is 4.42 Å². The SMILES string of the molecule is COC(=O)c1cc(NC(=O)CCNC(=O)/C=C/c2ccco2)cc(C(=O)OC)c1. The summed E-state index contributed by atoms with van der Waals surface area (Å²) < 4.78 is 14.3. The number of amides is 2. The number of carbonyl (C=O) groups is 4. The van der Waals surface area contributed by atoms with Crippen LogP contribution in [-0.2, 0) is 19.1 Å². The molecule has 1 aromatic heterocycles. The summed E-state index contributed by atoms with van der Waals surface area (Å²) >= 11 is 0. The lowest BCUT2D eigenvalue weighted by molar-refractivity contribution is -0.117. The van der Waals surface area contributed by atoms with Gasteiger partial charge in [0.2, 0.25) is 11.8 Å². The monoisotopic (exact) mass is 400 g/mol. The van der Waals surface area contributed by atoms with Crippen LogP contribution in [0.5, 0.6) is 0 Å². The van der Waals surface area contributed by atoms with Crippen LogP contribution in [0.1, 0.15) is 32.9 Å². The number of ether oxygens (including phenoxy) is 2. The van der Waals surface area contributed by atoms with Crippen molar-refractivity contribution in [1.29, 1.82) is 0 Å². The van der Waals surface area contributed by atoms with Crippen LogP contribution in [0.2, 0.25) is 0 Å². The van der Waals surface area contributed by atoms with Crippen LogP contribution in [-0.4, -0.2) is 44.5 Å². The Balaban J connectivity index is 1.92. The summed E-state index contributed by atoms with van der Waals surface area (Å²) in [4.78, 5) is 47.3. The van der Waals surface area contributed by atoms with Crippen LogP contribution in [0.3, 0.4) is 0 Å². The maximum atomic E-state index is 12.1. The zero-order chi connectivity index (χ0) is 21.2. The number of rotatable bonds is 8. The lowest BCUT2D eigenvalue weighted by atomic mass is 10.1. The van der Waals surface area contributed by atoms with Gasteiger partial charge in [-0.15, -0.1) is 0 Å². The van der Waals surface area contributed by atoms with Crippen LogP contribution in [0.15, 0.2) is 47.1 Å². The molecular weight excluding hydrogens is 380 g/mol.